The molecule has 2 aromatic carbocycles. The van der Waals surface area contributed by atoms with Crippen molar-refractivity contribution in [2.24, 2.45) is 5.73 Å². The summed E-state index contributed by atoms with van der Waals surface area (Å²) in [5.41, 5.74) is 6.22. The van der Waals surface area contributed by atoms with Gasteiger partial charge in [-0.05, 0) is 36.4 Å². The molecule has 0 heterocycles. The number of hydrogen-bond acceptors (Lipinski definition) is 2. The first kappa shape index (κ1) is 14.6. The largest absolute Gasteiger partial charge is 0.455 e. The van der Waals surface area contributed by atoms with Crippen molar-refractivity contribution in [2.45, 2.75) is 0 Å². The number of ether oxygens (including phenoxy) is 1. The molecule has 0 aliphatic carbocycles. The lowest BCUT2D eigenvalue weighted by molar-refractivity contribution is 0.481. The van der Waals surface area contributed by atoms with Crippen LogP contribution in [-0.2, 0) is 0 Å². The van der Waals surface area contributed by atoms with Crippen molar-refractivity contribution in [1.29, 1.82) is 0 Å². The van der Waals surface area contributed by atoms with Gasteiger partial charge in [0.2, 0.25) is 0 Å². The van der Waals surface area contributed by atoms with Crippen LogP contribution in [0.1, 0.15) is 5.56 Å². The van der Waals surface area contributed by atoms with E-state index in [2.05, 4.69) is 15.9 Å². The lowest BCUT2D eigenvalue weighted by atomic mass is 10.2. The van der Waals surface area contributed by atoms with Crippen LogP contribution in [-0.4, -0.2) is 4.99 Å². The molecule has 0 saturated heterocycles. The molecule has 6 heteroatoms. The van der Waals surface area contributed by atoms with Gasteiger partial charge in [0.15, 0.2) is 0 Å². The number of halogens is 3. The average Bonchev–Trinajstić information content (AvgIpc) is 2.35. The summed E-state index contributed by atoms with van der Waals surface area (Å²) in [6.45, 7) is 0. The molecule has 0 aliphatic heterocycles. The Bertz CT molecular complexity index is 649. The van der Waals surface area contributed by atoms with Gasteiger partial charge in [0, 0.05) is 9.50 Å². The maximum Gasteiger partial charge on any atom is 0.147 e. The third-order valence-corrected chi connectivity index (χ3v) is 3.58. The van der Waals surface area contributed by atoms with Crippen molar-refractivity contribution >= 4 is 56.3 Å². The SMILES string of the molecule is NC(=S)c1cc(Cl)ccc1Oc1cc(Br)ccc1Cl. The van der Waals surface area contributed by atoms with Gasteiger partial charge >= 0.3 is 0 Å². The van der Waals surface area contributed by atoms with Gasteiger partial charge in [-0.15, -0.1) is 0 Å². The van der Waals surface area contributed by atoms with Crippen LogP contribution in [0.2, 0.25) is 10.0 Å². The molecule has 2 N–H and O–H groups in total. The summed E-state index contributed by atoms with van der Waals surface area (Å²) in [6.07, 6.45) is 0. The summed E-state index contributed by atoms with van der Waals surface area (Å²) in [5, 5.41) is 1.03. The first-order chi connectivity index (χ1) is 8.97. The molecule has 19 heavy (non-hydrogen) atoms. The molecule has 0 fully saturated rings. The normalized spacial score (nSPS) is 10.3. The fourth-order valence-corrected chi connectivity index (χ4v) is 2.29. The quantitative estimate of drug-likeness (QED) is 0.749. The molecule has 2 aromatic rings. The Morgan fingerprint density at radius 1 is 1.11 bits per heavy atom. The molecule has 2 rings (SSSR count). The van der Waals surface area contributed by atoms with E-state index in [1.165, 1.54) is 0 Å². The lowest BCUT2D eigenvalue weighted by Crippen LogP contribution is -2.10. The molecular formula is C13H8BrCl2NOS. The molecule has 0 aromatic heterocycles. The topological polar surface area (TPSA) is 35.2 Å². The first-order valence-electron chi connectivity index (χ1n) is 5.19. The minimum absolute atomic E-state index is 0.212. The van der Waals surface area contributed by atoms with Crippen molar-refractivity contribution in [2.75, 3.05) is 0 Å². The fourth-order valence-electron chi connectivity index (χ4n) is 1.46. The second-order valence-electron chi connectivity index (χ2n) is 3.68. The second kappa shape index (κ2) is 6.09. The van der Waals surface area contributed by atoms with E-state index < -0.39 is 0 Å². The van der Waals surface area contributed by atoms with Crippen LogP contribution in [0.3, 0.4) is 0 Å². The third-order valence-electron chi connectivity index (χ3n) is 2.32. The van der Waals surface area contributed by atoms with E-state index in [9.17, 15) is 0 Å². The van der Waals surface area contributed by atoms with Crippen molar-refractivity contribution < 1.29 is 4.74 Å². The minimum Gasteiger partial charge on any atom is -0.455 e. The van der Waals surface area contributed by atoms with Gasteiger partial charge in [0.1, 0.15) is 16.5 Å². The Labute approximate surface area is 134 Å². The average molecular weight is 377 g/mol. The van der Waals surface area contributed by atoms with Crippen molar-refractivity contribution in [3.63, 3.8) is 0 Å². The smallest absolute Gasteiger partial charge is 0.147 e. The summed E-state index contributed by atoms with van der Waals surface area (Å²) in [6, 6.07) is 10.4. The standard InChI is InChI=1S/C13H8BrCl2NOS/c14-7-1-3-10(16)12(5-7)18-11-4-2-8(15)6-9(11)13(17)19/h1-6H,(H2,17,19). The van der Waals surface area contributed by atoms with E-state index >= 15 is 0 Å². The summed E-state index contributed by atoms with van der Waals surface area (Å²) >= 11 is 20.3. The molecule has 0 saturated carbocycles. The number of thiocarbonyl (C=S) groups is 1. The number of benzene rings is 2. The maximum absolute atomic E-state index is 6.07. The van der Waals surface area contributed by atoms with Crippen LogP contribution < -0.4 is 10.5 Å². The minimum atomic E-state index is 0.212. The highest BCUT2D eigenvalue weighted by Crippen LogP contribution is 2.34. The second-order valence-corrected chi connectivity index (χ2v) is 5.88. The highest BCUT2D eigenvalue weighted by atomic mass is 79.9. The van der Waals surface area contributed by atoms with Crippen LogP contribution in [0.5, 0.6) is 11.5 Å². The molecular weight excluding hydrogens is 369 g/mol. The molecule has 0 spiro atoms. The van der Waals surface area contributed by atoms with Crippen LogP contribution in [0, 0.1) is 0 Å². The Balaban J connectivity index is 2.43. The van der Waals surface area contributed by atoms with Gasteiger partial charge in [-0.3, -0.25) is 0 Å². The molecule has 2 nitrogen and oxygen atoms in total. The predicted molar refractivity (Wildman–Crippen MR) is 86.6 cm³/mol. The van der Waals surface area contributed by atoms with Gasteiger partial charge in [-0.25, -0.2) is 0 Å². The highest BCUT2D eigenvalue weighted by Gasteiger charge is 2.11. The summed E-state index contributed by atoms with van der Waals surface area (Å²) < 4.78 is 6.61. The molecule has 0 unspecified atom stereocenters. The molecule has 0 amide bonds. The molecule has 0 bridgehead atoms. The van der Waals surface area contributed by atoms with Gasteiger partial charge < -0.3 is 10.5 Å². The van der Waals surface area contributed by atoms with Gasteiger partial charge in [-0.2, -0.15) is 0 Å². The van der Waals surface area contributed by atoms with E-state index in [-0.39, 0.29) is 4.99 Å². The summed E-state index contributed by atoms with van der Waals surface area (Å²) in [7, 11) is 0. The lowest BCUT2D eigenvalue weighted by Gasteiger charge is -2.12. The van der Waals surface area contributed by atoms with E-state index in [4.69, 9.17) is 45.9 Å². The van der Waals surface area contributed by atoms with Crippen molar-refractivity contribution in [3.8, 4) is 11.5 Å². The van der Waals surface area contributed by atoms with Crippen LogP contribution in [0.25, 0.3) is 0 Å². The molecule has 0 atom stereocenters. The zero-order valence-electron chi connectivity index (χ0n) is 9.49. The van der Waals surface area contributed by atoms with Crippen LogP contribution in [0.15, 0.2) is 40.9 Å². The Morgan fingerprint density at radius 3 is 2.53 bits per heavy atom. The van der Waals surface area contributed by atoms with Crippen LogP contribution in [0.4, 0.5) is 0 Å². The first-order valence-corrected chi connectivity index (χ1v) is 7.15. The summed E-state index contributed by atoms with van der Waals surface area (Å²) in [4.78, 5) is 0.212. The molecule has 0 aliphatic rings. The Hall–Kier alpha value is -0.810. The zero-order valence-corrected chi connectivity index (χ0v) is 13.4. The monoisotopic (exact) mass is 375 g/mol. The Kier molecular flexibility index (Phi) is 4.68. The highest BCUT2D eigenvalue weighted by molar-refractivity contribution is 9.10. The van der Waals surface area contributed by atoms with Crippen LogP contribution >= 0.6 is 51.3 Å². The van der Waals surface area contributed by atoms with E-state index in [1.54, 1.807) is 30.3 Å². The van der Waals surface area contributed by atoms with Crippen molar-refractivity contribution in [1.82, 2.24) is 0 Å². The number of hydrogen-bond donors (Lipinski definition) is 1. The summed E-state index contributed by atoms with van der Waals surface area (Å²) in [5.74, 6) is 1.02. The Morgan fingerprint density at radius 2 is 1.84 bits per heavy atom. The molecule has 0 radical (unpaired) electrons. The van der Waals surface area contributed by atoms with Gasteiger partial charge in [-0.1, -0.05) is 51.3 Å². The van der Waals surface area contributed by atoms with Crippen molar-refractivity contribution in [3.05, 3.63) is 56.5 Å². The number of rotatable bonds is 3. The van der Waals surface area contributed by atoms with Gasteiger partial charge in [0.05, 0.1) is 10.6 Å². The van der Waals surface area contributed by atoms with E-state index in [0.717, 1.165) is 4.47 Å². The zero-order chi connectivity index (χ0) is 14.0. The van der Waals surface area contributed by atoms with E-state index in [0.29, 0.717) is 27.1 Å². The number of nitrogens with two attached hydrogens (primary N) is 1. The van der Waals surface area contributed by atoms with E-state index in [1.807, 2.05) is 6.07 Å². The maximum atomic E-state index is 6.07. The third kappa shape index (κ3) is 3.60. The predicted octanol–water partition coefficient (Wildman–Crippen LogP) is 5.18. The van der Waals surface area contributed by atoms with Gasteiger partial charge in [0.25, 0.3) is 0 Å². The molecule has 98 valence electrons. The fraction of sp³-hybridized carbons (Fsp3) is 0.